The molecule has 0 fully saturated rings. The monoisotopic (exact) mass is 476 g/mol. The van der Waals surface area contributed by atoms with Gasteiger partial charge in [0.1, 0.15) is 19.0 Å². The summed E-state index contributed by atoms with van der Waals surface area (Å²) in [4.78, 5) is 16.4. The number of nitrogens with zero attached hydrogens (tertiary/aromatic N) is 3. The summed E-state index contributed by atoms with van der Waals surface area (Å²) in [5.74, 6) is 1.57. The summed E-state index contributed by atoms with van der Waals surface area (Å²) in [5.41, 5.74) is 2.05. The number of amidine groups is 2. The highest BCUT2D eigenvalue weighted by Crippen LogP contribution is 2.29. The summed E-state index contributed by atoms with van der Waals surface area (Å²) in [5, 5.41) is 15.1. The number of nitrogens with one attached hydrogen (secondary N) is 1. The van der Waals surface area contributed by atoms with E-state index in [9.17, 15) is 4.79 Å². The molecule has 0 bridgehead atoms. The van der Waals surface area contributed by atoms with E-state index >= 15 is 0 Å². The van der Waals surface area contributed by atoms with Crippen LogP contribution in [-0.4, -0.2) is 47.3 Å². The zero-order chi connectivity index (χ0) is 24.1. The second-order valence-corrected chi connectivity index (χ2v) is 8.54. The Kier molecular flexibility index (Phi) is 7.12. The van der Waals surface area contributed by atoms with Gasteiger partial charge in [-0.3, -0.25) is 10.2 Å². The van der Waals surface area contributed by atoms with Gasteiger partial charge >= 0.3 is 0 Å². The number of ether oxygens (including phenoxy) is 3. The average Bonchev–Trinajstić information content (AvgIpc) is 3.21. The Hall–Kier alpha value is -3.85. The minimum absolute atomic E-state index is 0.0183. The van der Waals surface area contributed by atoms with Crippen molar-refractivity contribution in [2.24, 2.45) is 10.1 Å². The zero-order valence-corrected chi connectivity index (χ0v) is 19.7. The Morgan fingerprint density at radius 1 is 1.12 bits per heavy atom. The van der Waals surface area contributed by atoms with Crippen LogP contribution in [0.5, 0.6) is 17.2 Å². The molecule has 0 atom stereocenters. The second-order valence-electron chi connectivity index (χ2n) is 7.38. The summed E-state index contributed by atoms with van der Waals surface area (Å²) in [7, 11) is 1.61. The van der Waals surface area contributed by atoms with Gasteiger partial charge in [0.25, 0.3) is 5.91 Å². The van der Waals surface area contributed by atoms with Gasteiger partial charge in [-0.2, -0.15) is 15.1 Å². The lowest BCUT2D eigenvalue weighted by atomic mass is 10.1. The number of allylic oxidation sites excluding steroid dienone is 1. The first-order chi connectivity index (χ1) is 16.5. The molecule has 2 aliphatic rings. The molecule has 0 saturated heterocycles. The topological polar surface area (TPSA) is 96.6 Å². The third-order valence-corrected chi connectivity index (χ3v) is 5.79. The van der Waals surface area contributed by atoms with Crippen molar-refractivity contribution in [2.75, 3.05) is 20.3 Å². The van der Waals surface area contributed by atoms with Crippen LogP contribution < -0.4 is 14.2 Å². The number of rotatable bonds is 9. The summed E-state index contributed by atoms with van der Waals surface area (Å²) >= 11 is 1.28. The lowest BCUT2D eigenvalue weighted by Gasteiger charge is -2.20. The number of carbonyl (C=O) groups is 1. The molecule has 8 nitrogen and oxygen atoms in total. The van der Waals surface area contributed by atoms with Gasteiger partial charge in [0, 0.05) is 0 Å². The minimum Gasteiger partial charge on any atom is -0.493 e. The van der Waals surface area contributed by atoms with Crippen LogP contribution in [0, 0.1) is 5.41 Å². The Morgan fingerprint density at radius 3 is 2.62 bits per heavy atom. The van der Waals surface area contributed by atoms with E-state index in [0.717, 1.165) is 22.6 Å². The van der Waals surface area contributed by atoms with Crippen LogP contribution in [0.15, 0.2) is 70.8 Å². The molecule has 0 saturated carbocycles. The molecule has 0 spiro atoms. The number of fused-ring (bicyclic) bond motifs is 1. The van der Waals surface area contributed by atoms with Gasteiger partial charge in [-0.25, -0.2) is 0 Å². The van der Waals surface area contributed by atoms with E-state index in [1.807, 2.05) is 43.3 Å². The molecule has 1 amide bonds. The standard InChI is InChI=1S/C25H24N4O4S/c1-4-5-17-8-11-21(22(15-17)31-3)33-13-12-32-19-9-6-18(7-10-19)14-20-23(26)29-25(27-24(20)30)34-16(2)28-29/h4,6-11,14-15,26H,1,5,12-13H2,2-3H3/b20-14-,26-23?. The third-order valence-electron chi connectivity index (χ3n) is 4.96. The summed E-state index contributed by atoms with van der Waals surface area (Å²) in [6.45, 7) is 6.26. The van der Waals surface area contributed by atoms with Crippen LogP contribution in [-0.2, 0) is 11.2 Å². The fourth-order valence-corrected chi connectivity index (χ4v) is 4.08. The van der Waals surface area contributed by atoms with Gasteiger partial charge in [0.15, 0.2) is 17.3 Å². The number of hydrazone groups is 1. The Bertz CT molecular complexity index is 1220. The van der Waals surface area contributed by atoms with E-state index in [0.29, 0.717) is 35.6 Å². The predicted octanol–water partition coefficient (Wildman–Crippen LogP) is 4.52. The number of amides is 1. The van der Waals surface area contributed by atoms with Crippen molar-refractivity contribution in [1.82, 2.24) is 5.01 Å². The van der Waals surface area contributed by atoms with Gasteiger partial charge in [0.2, 0.25) is 5.17 Å². The summed E-state index contributed by atoms with van der Waals surface area (Å²) in [6, 6.07) is 13.0. The zero-order valence-electron chi connectivity index (χ0n) is 18.9. The van der Waals surface area contributed by atoms with Crippen LogP contribution in [0.4, 0.5) is 0 Å². The van der Waals surface area contributed by atoms with E-state index < -0.39 is 5.91 Å². The summed E-state index contributed by atoms with van der Waals surface area (Å²) < 4.78 is 17.0. The first-order valence-corrected chi connectivity index (χ1v) is 11.4. The molecule has 174 valence electrons. The van der Waals surface area contributed by atoms with Crippen molar-refractivity contribution in [3.63, 3.8) is 0 Å². The van der Waals surface area contributed by atoms with Gasteiger partial charge in [-0.1, -0.05) is 24.3 Å². The highest BCUT2D eigenvalue weighted by molar-refractivity contribution is 8.26. The third kappa shape index (κ3) is 5.20. The maximum absolute atomic E-state index is 12.4. The van der Waals surface area contributed by atoms with E-state index in [2.05, 4.69) is 16.7 Å². The molecule has 0 aromatic heterocycles. The van der Waals surface area contributed by atoms with Crippen molar-refractivity contribution in [2.45, 2.75) is 13.3 Å². The SMILES string of the molecule is C=CCc1ccc(OCCOc2ccc(/C=C3/C(=N)N4N=C(C)SC4=NC3=O)cc2)c(OC)c1. The average molecular weight is 477 g/mol. The van der Waals surface area contributed by atoms with Crippen molar-refractivity contribution < 1.29 is 19.0 Å². The van der Waals surface area contributed by atoms with E-state index in [-0.39, 0.29) is 11.4 Å². The Morgan fingerprint density at radius 2 is 1.88 bits per heavy atom. The molecule has 2 aliphatic heterocycles. The maximum atomic E-state index is 12.4. The van der Waals surface area contributed by atoms with Crippen molar-refractivity contribution >= 4 is 39.8 Å². The molecule has 1 N–H and O–H groups in total. The molecule has 4 rings (SSSR count). The van der Waals surface area contributed by atoms with Crippen LogP contribution in [0.1, 0.15) is 18.1 Å². The Labute approximate surface area is 202 Å². The fraction of sp³-hybridized carbons (Fsp3) is 0.200. The van der Waals surface area contributed by atoms with Crippen molar-refractivity contribution in [3.05, 3.63) is 71.8 Å². The highest BCUT2D eigenvalue weighted by Gasteiger charge is 2.34. The van der Waals surface area contributed by atoms with Gasteiger partial charge < -0.3 is 14.2 Å². The van der Waals surface area contributed by atoms with Crippen LogP contribution in [0.3, 0.4) is 0 Å². The molecule has 34 heavy (non-hydrogen) atoms. The molecule has 2 aromatic rings. The normalized spacial score (nSPS) is 16.2. The van der Waals surface area contributed by atoms with Crippen LogP contribution in [0.2, 0.25) is 0 Å². The van der Waals surface area contributed by atoms with E-state index in [1.54, 1.807) is 25.3 Å². The van der Waals surface area contributed by atoms with Crippen LogP contribution in [0.25, 0.3) is 6.08 Å². The number of thioether (sulfide) groups is 1. The highest BCUT2D eigenvalue weighted by atomic mass is 32.2. The molecule has 9 heteroatoms. The quantitative estimate of drug-likeness (QED) is 0.325. The van der Waals surface area contributed by atoms with Gasteiger partial charge in [0.05, 0.1) is 17.7 Å². The molecular formula is C25H24N4O4S. The number of benzene rings is 2. The minimum atomic E-state index is -0.445. The lowest BCUT2D eigenvalue weighted by Crippen LogP contribution is -2.35. The number of methoxy groups -OCH3 is 1. The van der Waals surface area contributed by atoms with Gasteiger partial charge in [-0.15, -0.1) is 6.58 Å². The van der Waals surface area contributed by atoms with Crippen LogP contribution >= 0.6 is 11.8 Å². The maximum Gasteiger partial charge on any atom is 0.283 e. The number of aliphatic imine (C=N–C) groups is 1. The second kappa shape index (κ2) is 10.4. The van der Waals surface area contributed by atoms with E-state index in [1.165, 1.54) is 16.8 Å². The van der Waals surface area contributed by atoms with E-state index in [4.69, 9.17) is 19.6 Å². The molecule has 2 aromatic carbocycles. The molecule has 0 unspecified atom stereocenters. The molecule has 0 aliphatic carbocycles. The predicted molar refractivity (Wildman–Crippen MR) is 135 cm³/mol. The Balaban J connectivity index is 1.33. The smallest absolute Gasteiger partial charge is 0.283 e. The lowest BCUT2D eigenvalue weighted by molar-refractivity contribution is -0.114. The molecule has 2 heterocycles. The van der Waals surface area contributed by atoms with Crippen molar-refractivity contribution in [1.29, 1.82) is 5.41 Å². The molecular weight excluding hydrogens is 452 g/mol. The number of hydrogen-bond acceptors (Lipinski definition) is 7. The largest absolute Gasteiger partial charge is 0.493 e. The molecule has 0 radical (unpaired) electrons. The fourth-order valence-electron chi connectivity index (χ4n) is 3.35. The van der Waals surface area contributed by atoms with Gasteiger partial charge in [-0.05, 0) is 66.6 Å². The number of carbonyl (C=O) groups excluding carboxylic acids is 1. The number of hydrogen-bond donors (Lipinski definition) is 1. The first-order valence-electron chi connectivity index (χ1n) is 10.6. The summed E-state index contributed by atoms with van der Waals surface area (Å²) in [6.07, 6.45) is 4.24. The van der Waals surface area contributed by atoms with Crippen molar-refractivity contribution in [3.8, 4) is 17.2 Å². The first kappa shape index (κ1) is 23.3.